The largest absolute Gasteiger partial charge is 0.372 e. The van der Waals surface area contributed by atoms with Crippen LogP contribution in [0.3, 0.4) is 0 Å². The smallest absolute Gasteiger partial charge is 0.159 e. The monoisotopic (exact) mass is 459 g/mol. The molecule has 0 amide bonds. The topological polar surface area (TPSA) is 48.7 Å². The van der Waals surface area contributed by atoms with Gasteiger partial charge in [-0.1, -0.05) is 12.1 Å². The van der Waals surface area contributed by atoms with Gasteiger partial charge >= 0.3 is 0 Å². The number of methoxy groups -OCH3 is 2. The van der Waals surface area contributed by atoms with E-state index >= 15 is 0 Å². The molecular weight excluding hydrogens is 422 g/mol. The van der Waals surface area contributed by atoms with Crippen molar-refractivity contribution in [3.8, 4) is 6.07 Å². The number of benzene rings is 2. The molecule has 0 unspecified atom stereocenters. The molecule has 3 aliphatic rings. The predicted octanol–water partition coefficient (Wildman–Crippen LogP) is 5.65. The molecule has 5 rings (SSSR count). The van der Waals surface area contributed by atoms with Crippen molar-refractivity contribution in [2.45, 2.75) is 56.7 Å². The molecule has 5 heteroatoms. The SMILES string of the molecule is COC(OC)C1CCN(c2ccc(C3CCN(c4ccc(C#N)c(C5CC5)c4)CC3)cc2)CC1. The van der Waals surface area contributed by atoms with Crippen LogP contribution in [-0.2, 0) is 9.47 Å². The Balaban J connectivity index is 1.16. The van der Waals surface area contributed by atoms with Crippen molar-refractivity contribution in [3.63, 3.8) is 0 Å². The molecule has 0 spiro atoms. The zero-order chi connectivity index (χ0) is 23.5. The molecule has 0 atom stereocenters. The normalized spacial score (nSPS) is 20.1. The van der Waals surface area contributed by atoms with Crippen LogP contribution in [0.5, 0.6) is 0 Å². The van der Waals surface area contributed by atoms with Gasteiger partial charge in [0.05, 0.1) is 11.6 Å². The van der Waals surface area contributed by atoms with E-state index in [2.05, 4.69) is 52.3 Å². The summed E-state index contributed by atoms with van der Waals surface area (Å²) in [5, 5.41) is 9.44. The van der Waals surface area contributed by atoms with Crippen molar-refractivity contribution in [2.75, 3.05) is 50.2 Å². The molecule has 180 valence electrons. The minimum absolute atomic E-state index is 0.0834. The van der Waals surface area contributed by atoms with Gasteiger partial charge < -0.3 is 19.3 Å². The van der Waals surface area contributed by atoms with Gasteiger partial charge in [-0.05, 0) is 91.8 Å². The Morgan fingerprint density at radius 3 is 1.94 bits per heavy atom. The summed E-state index contributed by atoms with van der Waals surface area (Å²) in [5.74, 6) is 1.71. The van der Waals surface area contributed by atoms with E-state index in [0.717, 1.165) is 44.6 Å². The summed E-state index contributed by atoms with van der Waals surface area (Å²) < 4.78 is 10.9. The summed E-state index contributed by atoms with van der Waals surface area (Å²) in [5.41, 5.74) is 6.22. The molecule has 5 nitrogen and oxygen atoms in total. The number of rotatable bonds is 7. The molecule has 0 bridgehead atoms. The first-order valence-electron chi connectivity index (χ1n) is 12.9. The Morgan fingerprint density at radius 2 is 1.35 bits per heavy atom. The van der Waals surface area contributed by atoms with Crippen LogP contribution in [0, 0.1) is 17.2 Å². The van der Waals surface area contributed by atoms with E-state index in [1.807, 2.05) is 6.07 Å². The second-order valence-electron chi connectivity index (χ2n) is 10.2. The van der Waals surface area contributed by atoms with Crippen molar-refractivity contribution in [2.24, 2.45) is 5.92 Å². The lowest BCUT2D eigenvalue weighted by atomic mass is 9.88. The van der Waals surface area contributed by atoms with Gasteiger partial charge in [-0.25, -0.2) is 0 Å². The number of nitrogens with zero attached hydrogens (tertiary/aromatic N) is 3. The van der Waals surface area contributed by atoms with Gasteiger partial charge in [0.2, 0.25) is 0 Å². The summed E-state index contributed by atoms with van der Waals surface area (Å²) in [6.45, 7) is 4.27. The molecule has 1 saturated carbocycles. The maximum atomic E-state index is 9.44. The molecule has 2 aliphatic heterocycles. The lowest BCUT2D eigenvalue weighted by Gasteiger charge is -2.36. The molecule has 0 N–H and O–H groups in total. The number of hydrogen-bond donors (Lipinski definition) is 0. The zero-order valence-electron chi connectivity index (χ0n) is 20.6. The first-order valence-corrected chi connectivity index (χ1v) is 12.9. The van der Waals surface area contributed by atoms with Gasteiger partial charge in [-0.15, -0.1) is 0 Å². The molecule has 0 radical (unpaired) electrons. The maximum Gasteiger partial charge on any atom is 0.159 e. The van der Waals surface area contributed by atoms with Crippen molar-refractivity contribution >= 4 is 11.4 Å². The number of hydrogen-bond acceptors (Lipinski definition) is 5. The minimum Gasteiger partial charge on any atom is -0.372 e. The molecule has 34 heavy (non-hydrogen) atoms. The number of nitriles is 1. The summed E-state index contributed by atoms with van der Waals surface area (Å²) in [6, 6.07) is 18.2. The standard InChI is InChI=1S/C29H37N3O2/c1-33-29(34-2)24-13-17-31(18-14-24)26-8-5-21(6-9-26)22-11-15-32(16-12-22)27-10-7-25(20-30)28(19-27)23-3-4-23/h5-10,19,22-24,29H,3-4,11-18H2,1-2H3. The van der Waals surface area contributed by atoms with Crippen LogP contribution >= 0.6 is 0 Å². The van der Waals surface area contributed by atoms with Crippen LogP contribution in [0.1, 0.15) is 67.1 Å². The predicted molar refractivity (Wildman–Crippen MR) is 137 cm³/mol. The highest BCUT2D eigenvalue weighted by atomic mass is 16.7. The molecule has 2 saturated heterocycles. The van der Waals surface area contributed by atoms with Crippen molar-refractivity contribution in [3.05, 3.63) is 59.2 Å². The fourth-order valence-electron chi connectivity index (χ4n) is 5.92. The lowest BCUT2D eigenvalue weighted by Crippen LogP contribution is -2.39. The van der Waals surface area contributed by atoms with E-state index in [1.165, 1.54) is 48.2 Å². The Hall–Kier alpha value is -2.55. The van der Waals surface area contributed by atoms with Crippen LogP contribution in [-0.4, -0.2) is 46.7 Å². The lowest BCUT2D eigenvalue weighted by molar-refractivity contribution is -0.141. The summed E-state index contributed by atoms with van der Waals surface area (Å²) in [7, 11) is 3.47. The fraction of sp³-hybridized carbons (Fsp3) is 0.552. The van der Waals surface area contributed by atoms with Crippen molar-refractivity contribution in [1.29, 1.82) is 5.26 Å². The fourth-order valence-corrected chi connectivity index (χ4v) is 5.92. The molecule has 2 aromatic rings. The Morgan fingerprint density at radius 1 is 0.765 bits per heavy atom. The second kappa shape index (κ2) is 10.4. The molecule has 2 aromatic carbocycles. The Kier molecular flexibility index (Phi) is 7.08. The minimum atomic E-state index is -0.0834. The quantitative estimate of drug-likeness (QED) is 0.501. The average Bonchev–Trinajstić information content (AvgIpc) is 3.75. The maximum absolute atomic E-state index is 9.44. The summed E-state index contributed by atoms with van der Waals surface area (Å²) in [4.78, 5) is 5.00. The summed E-state index contributed by atoms with van der Waals surface area (Å²) >= 11 is 0. The van der Waals surface area contributed by atoms with Gasteiger partial charge in [0.15, 0.2) is 6.29 Å². The van der Waals surface area contributed by atoms with Gasteiger partial charge in [-0.2, -0.15) is 5.26 Å². The first-order chi connectivity index (χ1) is 16.7. The van der Waals surface area contributed by atoms with E-state index in [9.17, 15) is 5.26 Å². The highest BCUT2D eigenvalue weighted by Gasteiger charge is 2.29. The van der Waals surface area contributed by atoms with E-state index in [-0.39, 0.29) is 6.29 Å². The molecule has 3 fully saturated rings. The average molecular weight is 460 g/mol. The Bertz CT molecular complexity index is 991. The van der Waals surface area contributed by atoms with E-state index < -0.39 is 0 Å². The van der Waals surface area contributed by atoms with E-state index in [0.29, 0.717) is 17.8 Å². The number of piperidine rings is 2. The third-order valence-corrected chi connectivity index (χ3v) is 8.15. The number of anilines is 2. The van der Waals surface area contributed by atoms with Crippen LogP contribution < -0.4 is 9.80 Å². The van der Waals surface area contributed by atoms with Gasteiger partial charge in [-0.3, -0.25) is 0 Å². The van der Waals surface area contributed by atoms with Crippen LogP contribution in [0.15, 0.2) is 42.5 Å². The van der Waals surface area contributed by atoms with Crippen LogP contribution in [0.2, 0.25) is 0 Å². The zero-order valence-corrected chi connectivity index (χ0v) is 20.6. The molecular formula is C29H37N3O2. The van der Waals surface area contributed by atoms with Gasteiger partial charge in [0.1, 0.15) is 0 Å². The number of ether oxygens (including phenoxy) is 2. The van der Waals surface area contributed by atoms with E-state index in [4.69, 9.17) is 9.47 Å². The first kappa shape index (κ1) is 23.2. The van der Waals surface area contributed by atoms with Crippen molar-refractivity contribution < 1.29 is 9.47 Å². The van der Waals surface area contributed by atoms with Crippen molar-refractivity contribution in [1.82, 2.24) is 0 Å². The van der Waals surface area contributed by atoms with Crippen LogP contribution in [0.25, 0.3) is 0 Å². The highest BCUT2D eigenvalue weighted by molar-refractivity contribution is 5.56. The third-order valence-electron chi connectivity index (χ3n) is 8.15. The second-order valence-corrected chi connectivity index (χ2v) is 10.2. The molecule has 0 aromatic heterocycles. The van der Waals surface area contributed by atoms with Gasteiger partial charge in [0.25, 0.3) is 0 Å². The Labute approximate surface area is 204 Å². The van der Waals surface area contributed by atoms with Crippen LogP contribution in [0.4, 0.5) is 11.4 Å². The molecule has 2 heterocycles. The van der Waals surface area contributed by atoms with E-state index in [1.54, 1.807) is 14.2 Å². The highest BCUT2D eigenvalue weighted by Crippen LogP contribution is 2.43. The third kappa shape index (κ3) is 4.94. The summed E-state index contributed by atoms with van der Waals surface area (Å²) in [6.07, 6.45) is 6.94. The van der Waals surface area contributed by atoms with Gasteiger partial charge in [0, 0.05) is 57.7 Å². The molecule has 1 aliphatic carbocycles.